The minimum absolute atomic E-state index is 0.687. The molecule has 1 aliphatic heterocycles. The Bertz CT molecular complexity index is 365. The van der Waals surface area contributed by atoms with Gasteiger partial charge in [0.15, 0.2) is 0 Å². The van der Waals surface area contributed by atoms with Crippen LogP contribution in [-0.2, 0) is 9.47 Å². The molecule has 1 aliphatic rings. The summed E-state index contributed by atoms with van der Waals surface area (Å²) in [4.78, 5) is 0. The molecule has 0 saturated carbocycles. The number of hydrogen-bond acceptors (Lipinski definition) is 2. The van der Waals surface area contributed by atoms with Gasteiger partial charge >= 0.3 is 0 Å². The van der Waals surface area contributed by atoms with Crippen LogP contribution in [0.3, 0.4) is 0 Å². The molecule has 0 aromatic heterocycles. The van der Waals surface area contributed by atoms with E-state index in [0.29, 0.717) is 19.8 Å². The Labute approximate surface area is 103 Å². The highest BCUT2D eigenvalue weighted by Gasteiger charge is 2.03. The van der Waals surface area contributed by atoms with Crippen molar-refractivity contribution in [3.63, 3.8) is 0 Å². The van der Waals surface area contributed by atoms with Gasteiger partial charge in [0.25, 0.3) is 0 Å². The Balaban J connectivity index is 2.09. The number of rotatable bonds is 1. The second-order valence-electron chi connectivity index (χ2n) is 4.39. The summed E-state index contributed by atoms with van der Waals surface area (Å²) in [6, 6.07) is 8.69. The van der Waals surface area contributed by atoms with Crippen molar-refractivity contribution in [3.05, 3.63) is 41.5 Å². The SMILES string of the molecule is Cc1ccc(/C2=C/COCCOCCC2)cc1. The molecule has 0 saturated heterocycles. The Hall–Kier alpha value is -1.12. The maximum atomic E-state index is 5.48. The topological polar surface area (TPSA) is 18.5 Å². The molecule has 0 aliphatic carbocycles. The average Bonchev–Trinajstić information content (AvgIpc) is 2.37. The monoisotopic (exact) mass is 232 g/mol. The molecule has 0 N–H and O–H groups in total. The van der Waals surface area contributed by atoms with Crippen LogP contribution in [0.2, 0.25) is 0 Å². The van der Waals surface area contributed by atoms with Gasteiger partial charge in [-0.05, 0) is 30.9 Å². The lowest BCUT2D eigenvalue weighted by Crippen LogP contribution is -2.07. The number of ether oxygens (including phenoxy) is 2. The summed E-state index contributed by atoms with van der Waals surface area (Å²) >= 11 is 0. The summed E-state index contributed by atoms with van der Waals surface area (Å²) in [6.07, 6.45) is 4.35. The molecule has 0 spiro atoms. The van der Waals surface area contributed by atoms with E-state index in [0.717, 1.165) is 19.4 Å². The zero-order chi connectivity index (χ0) is 11.9. The third-order valence-corrected chi connectivity index (χ3v) is 2.98. The van der Waals surface area contributed by atoms with E-state index in [1.807, 2.05) is 0 Å². The lowest BCUT2D eigenvalue weighted by molar-refractivity contribution is 0.0564. The van der Waals surface area contributed by atoms with Gasteiger partial charge in [-0.2, -0.15) is 0 Å². The van der Waals surface area contributed by atoms with E-state index in [2.05, 4.69) is 37.3 Å². The molecule has 1 aromatic carbocycles. The first-order chi connectivity index (χ1) is 8.36. The van der Waals surface area contributed by atoms with E-state index < -0.39 is 0 Å². The summed E-state index contributed by atoms with van der Waals surface area (Å²) in [6.45, 7) is 5.03. The molecule has 0 amide bonds. The standard InChI is InChI=1S/C15H20O2/c1-13-4-6-15(7-5-13)14-3-2-9-16-11-12-17-10-8-14/h4-8H,2-3,9-12H2,1H3/b14-8+. The van der Waals surface area contributed by atoms with Crippen LogP contribution in [0.4, 0.5) is 0 Å². The second kappa shape index (κ2) is 6.58. The lowest BCUT2D eigenvalue weighted by Gasteiger charge is -2.12. The Morgan fingerprint density at radius 1 is 0.941 bits per heavy atom. The van der Waals surface area contributed by atoms with E-state index in [-0.39, 0.29) is 0 Å². The van der Waals surface area contributed by atoms with Crippen molar-refractivity contribution in [2.24, 2.45) is 0 Å². The van der Waals surface area contributed by atoms with Crippen LogP contribution in [0.15, 0.2) is 30.3 Å². The first-order valence-electron chi connectivity index (χ1n) is 6.28. The summed E-state index contributed by atoms with van der Waals surface area (Å²) < 4.78 is 10.9. The van der Waals surface area contributed by atoms with Crippen LogP contribution >= 0.6 is 0 Å². The van der Waals surface area contributed by atoms with Gasteiger partial charge in [0.05, 0.1) is 19.8 Å². The van der Waals surface area contributed by atoms with Crippen molar-refractivity contribution in [1.29, 1.82) is 0 Å². The van der Waals surface area contributed by atoms with Crippen molar-refractivity contribution >= 4 is 5.57 Å². The van der Waals surface area contributed by atoms with Crippen molar-refractivity contribution in [2.75, 3.05) is 26.4 Å². The fraction of sp³-hybridized carbons (Fsp3) is 0.467. The van der Waals surface area contributed by atoms with E-state index in [4.69, 9.17) is 9.47 Å². The van der Waals surface area contributed by atoms with E-state index in [1.54, 1.807) is 0 Å². The third-order valence-electron chi connectivity index (χ3n) is 2.98. The zero-order valence-electron chi connectivity index (χ0n) is 10.4. The summed E-state index contributed by atoms with van der Waals surface area (Å²) in [7, 11) is 0. The van der Waals surface area contributed by atoms with Crippen molar-refractivity contribution in [3.8, 4) is 0 Å². The van der Waals surface area contributed by atoms with Gasteiger partial charge < -0.3 is 9.47 Å². The molecule has 17 heavy (non-hydrogen) atoms. The first kappa shape index (κ1) is 12.3. The lowest BCUT2D eigenvalue weighted by atomic mass is 10.00. The van der Waals surface area contributed by atoms with E-state index in [1.165, 1.54) is 16.7 Å². The number of benzene rings is 1. The molecule has 0 radical (unpaired) electrons. The Morgan fingerprint density at radius 2 is 1.71 bits per heavy atom. The van der Waals surface area contributed by atoms with Gasteiger partial charge in [-0.1, -0.05) is 35.9 Å². The maximum Gasteiger partial charge on any atom is 0.0704 e. The Kier molecular flexibility index (Phi) is 4.77. The van der Waals surface area contributed by atoms with E-state index in [9.17, 15) is 0 Å². The first-order valence-corrected chi connectivity index (χ1v) is 6.28. The van der Waals surface area contributed by atoms with Gasteiger partial charge in [-0.15, -0.1) is 0 Å². The molecule has 92 valence electrons. The highest BCUT2D eigenvalue weighted by Crippen LogP contribution is 2.20. The fourth-order valence-corrected chi connectivity index (χ4v) is 1.96. The van der Waals surface area contributed by atoms with Crippen molar-refractivity contribution < 1.29 is 9.47 Å². The second-order valence-corrected chi connectivity index (χ2v) is 4.39. The zero-order valence-corrected chi connectivity index (χ0v) is 10.4. The molecule has 2 heteroatoms. The molecule has 2 nitrogen and oxygen atoms in total. The number of hydrogen-bond donors (Lipinski definition) is 0. The van der Waals surface area contributed by atoms with E-state index >= 15 is 0 Å². The Morgan fingerprint density at radius 3 is 2.53 bits per heavy atom. The largest absolute Gasteiger partial charge is 0.379 e. The predicted molar refractivity (Wildman–Crippen MR) is 70.0 cm³/mol. The number of allylic oxidation sites excluding steroid dienone is 1. The van der Waals surface area contributed by atoms with Crippen molar-refractivity contribution in [2.45, 2.75) is 19.8 Å². The van der Waals surface area contributed by atoms with Crippen LogP contribution in [0.25, 0.3) is 5.57 Å². The summed E-state index contributed by atoms with van der Waals surface area (Å²) in [5, 5.41) is 0. The van der Waals surface area contributed by atoms with Crippen molar-refractivity contribution in [1.82, 2.24) is 0 Å². The third kappa shape index (κ3) is 3.99. The van der Waals surface area contributed by atoms with Crippen LogP contribution in [0.5, 0.6) is 0 Å². The smallest absolute Gasteiger partial charge is 0.0704 e. The molecule has 0 unspecified atom stereocenters. The average molecular weight is 232 g/mol. The molecule has 1 aromatic rings. The fourth-order valence-electron chi connectivity index (χ4n) is 1.96. The minimum atomic E-state index is 0.687. The van der Waals surface area contributed by atoms with Gasteiger partial charge in [-0.3, -0.25) is 0 Å². The molecule has 2 rings (SSSR count). The molecule has 0 atom stereocenters. The molecule has 0 bridgehead atoms. The van der Waals surface area contributed by atoms with Gasteiger partial charge in [0, 0.05) is 6.61 Å². The van der Waals surface area contributed by atoms with Crippen LogP contribution in [0.1, 0.15) is 24.0 Å². The quantitative estimate of drug-likeness (QED) is 0.740. The number of aryl methyl sites for hydroxylation is 1. The van der Waals surface area contributed by atoms with Gasteiger partial charge in [-0.25, -0.2) is 0 Å². The predicted octanol–water partition coefficient (Wildman–Crippen LogP) is 3.21. The normalized spacial score (nSPS) is 21.6. The van der Waals surface area contributed by atoms with Crippen LogP contribution < -0.4 is 0 Å². The summed E-state index contributed by atoms with van der Waals surface area (Å²) in [5.41, 5.74) is 3.98. The molecular weight excluding hydrogens is 212 g/mol. The van der Waals surface area contributed by atoms with Gasteiger partial charge in [0.1, 0.15) is 0 Å². The maximum absolute atomic E-state index is 5.48. The molecular formula is C15H20O2. The minimum Gasteiger partial charge on any atom is -0.379 e. The molecule has 0 fully saturated rings. The van der Waals surface area contributed by atoms with Gasteiger partial charge in [0.2, 0.25) is 0 Å². The highest BCUT2D eigenvalue weighted by molar-refractivity contribution is 5.65. The van der Waals surface area contributed by atoms with Crippen LogP contribution in [0, 0.1) is 6.92 Å². The summed E-state index contributed by atoms with van der Waals surface area (Å²) in [5.74, 6) is 0. The van der Waals surface area contributed by atoms with Crippen LogP contribution in [-0.4, -0.2) is 26.4 Å². The molecule has 1 heterocycles. The highest BCUT2D eigenvalue weighted by atomic mass is 16.5.